The van der Waals surface area contributed by atoms with Gasteiger partial charge in [0, 0.05) is 5.54 Å². The topological polar surface area (TPSA) is 61.4 Å². The lowest BCUT2D eigenvalue weighted by atomic mass is 10.1. The third-order valence-electron chi connectivity index (χ3n) is 1.86. The largest absolute Gasteiger partial charge is 0.394 e. The Hall–Kier alpha value is -0.610. The minimum atomic E-state index is -0.121. The van der Waals surface area contributed by atoms with Crippen LogP contribution in [0.3, 0.4) is 0 Å². The van der Waals surface area contributed by atoms with Crippen molar-refractivity contribution in [1.82, 2.24) is 10.6 Å². The molecule has 0 bridgehead atoms. The van der Waals surface area contributed by atoms with Gasteiger partial charge in [-0.15, -0.1) is 0 Å². The Balaban J connectivity index is 3.75. The lowest BCUT2D eigenvalue weighted by Gasteiger charge is -2.21. The van der Waals surface area contributed by atoms with Crippen molar-refractivity contribution < 1.29 is 9.90 Å². The fraction of sp³-hybridized carbons (Fsp3) is 0.900. The highest BCUT2D eigenvalue weighted by Crippen LogP contribution is 1.97. The SMILES string of the molecule is CC[C@@H](CO)NC(=O)CNC(C)(C)C. The molecule has 0 aromatic carbocycles. The molecular weight excluding hydrogens is 180 g/mol. The van der Waals surface area contributed by atoms with Crippen molar-refractivity contribution in [2.24, 2.45) is 0 Å². The van der Waals surface area contributed by atoms with Gasteiger partial charge in [0.1, 0.15) is 0 Å². The highest BCUT2D eigenvalue weighted by Gasteiger charge is 2.13. The predicted molar refractivity (Wildman–Crippen MR) is 57.1 cm³/mol. The van der Waals surface area contributed by atoms with Crippen molar-refractivity contribution >= 4 is 5.91 Å². The van der Waals surface area contributed by atoms with E-state index in [9.17, 15) is 4.79 Å². The molecule has 0 saturated carbocycles. The maximum atomic E-state index is 11.3. The van der Waals surface area contributed by atoms with Crippen LogP contribution in [0.2, 0.25) is 0 Å². The van der Waals surface area contributed by atoms with Gasteiger partial charge in [-0.3, -0.25) is 4.79 Å². The Morgan fingerprint density at radius 1 is 1.43 bits per heavy atom. The Morgan fingerprint density at radius 2 is 2.00 bits per heavy atom. The Labute approximate surface area is 86.1 Å². The van der Waals surface area contributed by atoms with Crippen LogP contribution in [0, 0.1) is 0 Å². The van der Waals surface area contributed by atoms with Crippen molar-refractivity contribution in [2.45, 2.75) is 45.7 Å². The van der Waals surface area contributed by atoms with Crippen LogP contribution in [-0.2, 0) is 4.79 Å². The zero-order valence-electron chi connectivity index (χ0n) is 9.55. The molecule has 0 aliphatic rings. The molecule has 0 unspecified atom stereocenters. The monoisotopic (exact) mass is 202 g/mol. The summed E-state index contributed by atoms with van der Waals surface area (Å²) in [4.78, 5) is 11.3. The van der Waals surface area contributed by atoms with Crippen molar-refractivity contribution in [3.63, 3.8) is 0 Å². The van der Waals surface area contributed by atoms with E-state index in [0.717, 1.165) is 6.42 Å². The molecule has 0 radical (unpaired) electrons. The van der Waals surface area contributed by atoms with Gasteiger partial charge < -0.3 is 15.7 Å². The lowest BCUT2D eigenvalue weighted by molar-refractivity contribution is -0.121. The molecule has 0 rings (SSSR count). The third-order valence-corrected chi connectivity index (χ3v) is 1.86. The first-order valence-electron chi connectivity index (χ1n) is 5.04. The summed E-state index contributed by atoms with van der Waals surface area (Å²) in [6.07, 6.45) is 0.748. The molecule has 3 N–H and O–H groups in total. The van der Waals surface area contributed by atoms with E-state index in [1.54, 1.807) is 0 Å². The Kier molecular flexibility index (Phi) is 5.72. The number of nitrogens with one attached hydrogen (secondary N) is 2. The highest BCUT2D eigenvalue weighted by molar-refractivity contribution is 5.78. The Morgan fingerprint density at radius 3 is 2.36 bits per heavy atom. The van der Waals surface area contributed by atoms with Crippen LogP contribution in [0.25, 0.3) is 0 Å². The van der Waals surface area contributed by atoms with Crippen LogP contribution in [0.5, 0.6) is 0 Å². The molecule has 0 aromatic rings. The molecule has 14 heavy (non-hydrogen) atoms. The van der Waals surface area contributed by atoms with Gasteiger partial charge in [0.25, 0.3) is 0 Å². The summed E-state index contributed by atoms with van der Waals surface area (Å²) in [6, 6.07) is -0.121. The second-order valence-electron chi connectivity index (χ2n) is 4.46. The summed E-state index contributed by atoms with van der Waals surface area (Å²) in [5, 5.41) is 14.7. The normalized spacial score (nSPS) is 13.8. The minimum absolute atomic E-state index is 0.00222. The van der Waals surface area contributed by atoms with Crippen LogP contribution in [-0.4, -0.2) is 35.7 Å². The van der Waals surface area contributed by atoms with Crippen LogP contribution in [0.15, 0.2) is 0 Å². The standard InChI is InChI=1S/C10H22N2O2/c1-5-8(7-13)12-9(14)6-11-10(2,3)4/h8,11,13H,5-7H2,1-4H3,(H,12,14)/t8-/m0/s1. The van der Waals surface area contributed by atoms with E-state index in [4.69, 9.17) is 5.11 Å². The van der Waals surface area contributed by atoms with Crippen LogP contribution >= 0.6 is 0 Å². The molecule has 0 aromatic heterocycles. The summed E-state index contributed by atoms with van der Waals surface area (Å²) in [6.45, 7) is 8.23. The fourth-order valence-corrected chi connectivity index (χ4v) is 0.901. The van der Waals surface area contributed by atoms with Gasteiger partial charge in [-0.2, -0.15) is 0 Å². The first kappa shape index (κ1) is 13.4. The molecule has 0 aliphatic carbocycles. The zero-order chi connectivity index (χ0) is 11.2. The van der Waals surface area contributed by atoms with Gasteiger partial charge >= 0.3 is 0 Å². The summed E-state index contributed by atoms with van der Waals surface area (Å²) in [5.74, 6) is -0.0687. The van der Waals surface area contributed by atoms with Gasteiger partial charge in [-0.25, -0.2) is 0 Å². The molecule has 0 aliphatic heterocycles. The maximum Gasteiger partial charge on any atom is 0.234 e. The molecule has 0 fully saturated rings. The quantitative estimate of drug-likeness (QED) is 0.599. The molecule has 0 saturated heterocycles. The van der Waals surface area contributed by atoms with E-state index < -0.39 is 0 Å². The first-order chi connectivity index (χ1) is 6.39. The van der Waals surface area contributed by atoms with E-state index >= 15 is 0 Å². The zero-order valence-corrected chi connectivity index (χ0v) is 9.55. The number of carbonyl (C=O) groups is 1. The number of aliphatic hydroxyl groups excluding tert-OH is 1. The highest BCUT2D eigenvalue weighted by atomic mass is 16.3. The summed E-state index contributed by atoms with van der Waals surface area (Å²) in [5.41, 5.74) is -0.0573. The van der Waals surface area contributed by atoms with Gasteiger partial charge in [-0.1, -0.05) is 6.92 Å². The van der Waals surface area contributed by atoms with Crippen LogP contribution in [0.4, 0.5) is 0 Å². The summed E-state index contributed by atoms with van der Waals surface area (Å²) < 4.78 is 0. The second kappa shape index (κ2) is 5.98. The lowest BCUT2D eigenvalue weighted by Crippen LogP contribution is -2.46. The number of aliphatic hydroxyl groups is 1. The van der Waals surface area contributed by atoms with Gasteiger partial charge in [0.05, 0.1) is 19.2 Å². The number of carbonyl (C=O) groups excluding carboxylic acids is 1. The third kappa shape index (κ3) is 6.86. The molecule has 4 nitrogen and oxygen atoms in total. The molecule has 1 amide bonds. The van der Waals surface area contributed by atoms with Gasteiger partial charge in [0.2, 0.25) is 5.91 Å². The maximum absolute atomic E-state index is 11.3. The van der Waals surface area contributed by atoms with E-state index in [0.29, 0.717) is 6.54 Å². The molecule has 84 valence electrons. The number of hydrogen-bond acceptors (Lipinski definition) is 3. The summed E-state index contributed by atoms with van der Waals surface area (Å²) >= 11 is 0. The molecule has 0 spiro atoms. The van der Waals surface area contributed by atoms with Crippen molar-refractivity contribution in [3.8, 4) is 0 Å². The van der Waals surface area contributed by atoms with Crippen LogP contribution in [0.1, 0.15) is 34.1 Å². The minimum Gasteiger partial charge on any atom is -0.394 e. The van der Waals surface area contributed by atoms with E-state index in [2.05, 4.69) is 10.6 Å². The predicted octanol–water partition coefficient (Wildman–Crippen LogP) is 0.262. The number of amides is 1. The van der Waals surface area contributed by atoms with E-state index in [1.165, 1.54) is 0 Å². The molecule has 4 heteroatoms. The van der Waals surface area contributed by atoms with E-state index in [-0.39, 0.29) is 24.1 Å². The average molecular weight is 202 g/mol. The number of hydrogen-bond donors (Lipinski definition) is 3. The second-order valence-corrected chi connectivity index (χ2v) is 4.46. The van der Waals surface area contributed by atoms with Gasteiger partial charge in [0.15, 0.2) is 0 Å². The van der Waals surface area contributed by atoms with E-state index in [1.807, 2.05) is 27.7 Å². The van der Waals surface area contributed by atoms with Gasteiger partial charge in [-0.05, 0) is 27.2 Å². The Bertz CT molecular complexity index is 171. The van der Waals surface area contributed by atoms with Crippen molar-refractivity contribution in [1.29, 1.82) is 0 Å². The summed E-state index contributed by atoms with van der Waals surface area (Å²) in [7, 11) is 0. The molecule has 1 atom stereocenters. The average Bonchev–Trinajstić information content (AvgIpc) is 2.09. The number of rotatable bonds is 5. The first-order valence-corrected chi connectivity index (χ1v) is 5.04. The molecular formula is C10H22N2O2. The van der Waals surface area contributed by atoms with Crippen molar-refractivity contribution in [2.75, 3.05) is 13.2 Å². The smallest absolute Gasteiger partial charge is 0.234 e. The van der Waals surface area contributed by atoms with Crippen LogP contribution < -0.4 is 10.6 Å². The van der Waals surface area contributed by atoms with Crippen molar-refractivity contribution in [3.05, 3.63) is 0 Å². The fourth-order valence-electron chi connectivity index (χ4n) is 0.901. The molecule has 0 heterocycles.